The Kier molecular flexibility index (Phi) is 12.0. The minimum absolute atomic E-state index is 0. The average Bonchev–Trinajstić information content (AvgIpc) is 2.78. The molecule has 0 aliphatic rings. The number of carbonyl (C=O) groups is 2. The smallest absolute Gasteiger partial charge is 0.411 e. The highest BCUT2D eigenvalue weighted by molar-refractivity contribution is 14.0. The third-order valence-electron chi connectivity index (χ3n) is 4.27. The molecule has 8 nitrogen and oxygen atoms in total. The first-order valence-corrected chi connectivity index (χ1v) is 9.82. The van der Waals surface area contributed by atoms with E-state index < -0.39 is 6.09 Å². The zero-order valence-corrected chi connectivity index (χ0v) is 20.4. The number of amides is 2. The molecule has 168 valence electrons. The molecule has 0 saturated heterocycles. The molecule has 0 fully saturated rings. The Bertz CT molecular complexity index is 872. The van der Waals surface area contributed by atoms with Crippen LogP contribution in [-0.4, -0.2) is 45.2 Å². The number of nitrogens with zero attached hydrogens (tertiary/aromatic N) is 1. The molecule has 0 aliphatic heterocycles. The van der Waals surface area contributed by atoms with Gasteiger partial charge in [0.25, 0.3) is 5.91 Å². The topological polar surface area (TPSA) is 104 Å². The van der Waals surface area contributed by atoms with Crippen molar-refractivity contribution < 1.29 is 14.3 Å². The van der Waals surface area contributed by atoms with E-state index in [1.807, 2.05) is 49.4 Å². The monoisotopic (exact) mass is 539 g/mol. The van der Waals surface area contributed by atoms with Gasteiger partial charge in [-0.25, -0.2) is 9.79 Å². The largest absolute Gasteiger partial charge is 0.453 e. The third-order valence-corrected chi connectivity index (χ3v) is 4.27. The van der Waals surface area contributed by atoms with E-state index in [1.54, 1.807) is 13.1 Å². The number of methoxy groups -OCH3 is 1. The number of halogens is 1. The lowest BCUT2D eigenvalue weighted by Gasteiger charge is -2.12. The zero-order chi connectivity index (χ0) is 21.8. The van der Waals surface area contributed by atoms with Gasteiger partial charge in [0, 0.05) is 31.4 Å². The van der Waals surface area contributed by atoms with Crippen LogP contribution >= 0.6 is 24.0 Å². The van der Waals surface area contributed by atoms with Gasteiger partial charge in [0.05, 0.1) is 13.7 Å². The predicted molar refractivity (Wildman–Crippen MR) is 134 cm³/mol. The van der Waals surface area contributed by atoms with Gasteiger partial charge in [-0.15, -0.1) is 24.0 Å². The molecular weight excluding hydrogens is 509 g/mol. The van der Waals surface area contributed by atoms with Crippen LogP contribution in [0.1, 0.15) is 28.4 Å². The molecule has 2 amide bonds. The second-order valence-corrected chi connectivity index (χ2v) is 6.46. The van der Waals surface area contributed by atoms with E-state index in [2.05, 4.69) is 31.0 Å². The highest BCUT2D eigenvalue weighted by atomic mass is 127. The SMILES string of the molecule is CCNC(=NCc1ccc(NC(=O)OC)cc1)NCCc1cccc(C(=O)NC)c1.I. The Labute approximate surface area is 200 Å². The summed E-state index contributed by atoms with van der Waals surface area (Å²) in [6.45, 7) is 3.95. The number of guanidine groups is 1. The highest BCUT2D eigenvalue weighted by Crippen LogP contribution is 2.11. The lowest BCUT2D eigenvalue weighted by atomic mass is 10.1. The highest BCUT2D eigenvalue weighted by Gasteiger charge is 2.04. The number of benzene rings is 2. The minimum Gasteiger partial charge on any atom is -0.453 e. The standard InChI is InChI=1S/C22H29N5O3.HI/c1-4-24-21(25-13-12-16-6-5-7-18(14-16)20(28)23-2)26-15-17-8-10-19(11-9-17)27-22(29)30-3;/h5-11,14H,4,12-13,15H2,1-3H3,(H,23,28)(H,27,29)(H2,24,25,26);1H. The molecule has 0 bridgehead atoms. The summed E-state index contributed by atoms with van der Waals surface area (Å²) in [5.41, 5.74) is 3.41. The Morgan fingerprint density at radius 3 is 2.42 bits per heavy atom. The molecule has 0 unspecified atom stereocenters. The fraction of sp³-hybridized carbons (Fsp3) is 0.318. The Morgan fingerprint density at radius 1 is 1.03 bits per heavy atom. The first kappa shape index (κ1) is 26.2. The lowest BCUT2D eigenvalue weighted by molar-refractivity contribution is 0.0963. The summed E-state index contributed by atoms with van der Waals surface area (Å²) in [6, 6.07) is 15.0. The molecule has 31 heavy (non-hydrogen) atoms. The Balaban J connectivity index is 0.00000480. The van der Waals surface area contributed by atoms with Gasteiger partial charge in [-0.2, -0.15) is 0 Å². The molecule has 0 spiro atoms. The van der Waals surface area contributed by atoms with Gasteiger partial charge in [0.2, 0.25) is 0 Å². The Hall–Kier alpha value is -2.82. The van der Waals surface area contributed by atoms with Gasteiger partial charge in [-0.05, 0) is 48.7 Å². The lowest BCUT2D eigenvalue weighted by Crippen LogP contribution is -2.38. The molecular formula is C22H30IN5O3. The number of hydrogen-bond donors (Lipinski definition) is 4. The average molecular weight is 539 g/mol. The van der Waals surface area contributed by atoms with E-state index in [4.69, 9.17) is 0 Å². The van der Waals surface area contributed by atoms with Gasteiger partial charge >= 0.3 is 6.09 Å². The molecule has 2 rings (SSSR count). The van der Waals surface area contributed by atoms with E-state index in [0.717, 1.165) is 30.1 Å². The number of nitrogens with one attached hydrogen (secondary N) is 4. The summed E-state index contributed by atoms with van der Waals surface area (Å²) in [7, 11) is 2.95. The van der Waals surface area contributed by atoms with Crippen molar-refractivity contribution in [3.05, 3.63) is 65.2 Å². The van der Waals surface area contributed by atoms with Gasteiger partial charge in [-0.1, -0.05) is 24.3 Å². The zero-order valence-electron chi connectivity index (χ0n) is 18.0. The fourth-order valence-electron chi connectivity index (χ4n) is 2.71. The fourth-order valence-corrected chi connectivity index (χ4v) is 2.71. The molecule has 4 N–H and O–H groups in total. The number of ether oxygens (including phenoxy) is 1. The maximum absolute atomic E-state index is 11.8. The number of aliphatic imine (C=N–C) groups is 1. The van der Waals surface area contributed by atoms with Crippen molar-refractivity contribution in [1.82, 2.24) is 16.0 Å². The second-order valence-electron chi connectivity index (χ2n) is 6.46. The minimum atomic E-state index is -0.500. The van der Waals surface area contributed by atoms with Crippen LogP contribution in [-0.2, 0) is 17.7 Å². The van der Waals surface area contributed by atoms with E-state index in [9.17, 15) is 9.59 Å². The molecule has 2 aromatic carbocycles. The van der Waals surface area contributed by atoms with Crippen LogP contribution < -0.4 is 21.3 Å². The maximum atomic E-state index is 11.8. The van der Waals surface area contributed by atoms with Crippen LogP contribution in [0.15, 0.2) is 53.5 Å². The summed E-state index contributed by atoms with van der Waals surface area (Å²) in [5.74, 6) is 0.629. The van der Waals surface area contributed by atoms with Crippen molar-refractivity contribution in [3.8, 4) is 0 Å². The Morgan fingerprint density at radius 2 is 1.77 bits per heavy atom. The van der Waals surface area contributed by atoms with E-state index in [-0.39, 0.29) is 29.9 Å². The van der Waals surface area contributed by atoms with Gasteiger partial charge < -0.3 is 20.7 Å². The number of anilines is 1. The molecule has 0 aliphatic carbocycles. The third kappa shape index (κ3) is 9.24. The summed E-state index contributed by atoms with van der Waals surface area (Å²) in [5, 5.41) is 11.8. The van der Waals surface area contributed by atoms with Crippen molar-refractivity contribution in [2.75, 3.05) is 32.6 Å². The molecule has 0 saturated carbocycles. The summed E-state index contributed by atoms with van der Waals surface area (Å²) >= 11 is 0. The quantitative estimate of drug-likeness (QED) is 0.235. The van der Waals surface area contributed by atoms with E-state index in [0.29, 0.717) is 24.3 Å². The molecule has 0 atom stereocenters. The molecule has 0 heterocycles. The number of carbonyl (C=O) groups excluding carboxylic acids is 2. The molecule has 2 aromatic rings. The van der Waals surface area contributed by atoms with Crippen molar-refractivity contribution >= 4 is 47.6 Å². The van der Waals surface area contributed by atoms with E-state index in [1.165, 1.54) is 7.11 Å². The summed E-state index contributed by atoms with van der Waals surface area (Å²) < 4.78 is 4.58. The number of hydrogen-bond acceptors (Lipinski definition) is 4. The summed E-state index contributed by atoms with van der Waals surface area (Å²) in [4.78, 5) is 27.6. The van der Waals surface area contributed by atoms with Gasteiger partial charge in [0.1, 0.15) is 0 Å². The first-order chi connectivity index (χ1) is 14.5. The van der Waals surface area contributed by atoms with Gasteiger partial charge in [-0.3, -0.25) is 10.1 Å². The van der Waals surface area contributed by atoms with Crippen LogP contribution in [0.25, 0.3) is 0 Å². The van der Waals surface area contributed by atoms with Crippen LogP contribution in [0.4, 0.5) is 10.5 Å². The van der Waals surface area contributed by atoms with Crippen molar-refractivity contribution in [3.63, 3.8) is 0 Å². The van der Waals surface area contributed by atoms with Crippen molar-refractivity contribution in [1.29, 1.82) is 0 Å². The van der Waals surface area contributed by atoms with Gasteiger partial charge in [0.15, 0.2) is 5.96 Å². The number of rotatable bonds is 8. The maximum Gasteiger partial charge on any atom is 0.411 e. The summed E-state index contributed by atoms with van der Waals surface area (Å²) in [6.07, 6.45) is 0.267. The van der Waals surface area contributed by atoms with Crippen LogP contribution in [0.5, 0.6) is 0 Å². The molecule has 9 heteroatoms. The van der Waals surface area contributed by atoms with Crippen molar-refractivity contribution in [2.24, 2.45) is 4.99 Å². The first-order valence-electron chi connectivity index (χ1n) is 9.82. The van der Waals surface area contributed by atoms with Crippen LogP contribution in [0, 0.1) is 0 Å². The molecule has 0 radical (unpaired) electrons. The van der Waals surface area contributed by atoms with E-state index >= 15 is 0 Å². The second kappa shape index (κ2) is 14.2. The van der Waals surface area contributed by atoms with Crippen LogP contribution in [0.3, 0.4) is 0 Å². The van der Waals surface area contributed by atoms with Crippen molar-refractivity contribution in [2.45, 2.75) is 19.9 Å². The normalized spacial score (nSPS) is 10.5. The predicted octanol–water partition coefficient (Wildman–Crippen LogP) is 3.14. The molecule has 0 aromatic heterocycles. The van der Waals surface area contributed by atoms with Crippen LogP contribution in [0.2, 0.25) is 0 Å².